The number of hydrogen-bond acceptors (Lipinski definition) is 10. The van der Waals surface area contributed by atoms with E-state index in [0.717, 1.165) is 45.1 Å². The molecule has 3 aliphatic heterocycles. The van der Waals surface area contributed by atoms with E-state index in [4.69, 9.17) is 30.6 Å². The maximum atomic E-state index is 17.2. The van der Waals surface area contributed by atoms with Crippen LogP contribution in [0.25, 0.3) is 22.5 Å². The number of nitrogens with zero attached hydrogens (tertiary/aromatic N) is 4. The van der Waals surface area contributed by atoms with Crippen LogP contribution < -0.4 is 25.5 Å². The molecule has 0 spiro atoms. The van der Waals surface area contributed by atoms with Gasteiger partial charge in [0.2, 0.25) is 5.88 Å². The Hall–Kier alpha value is -4.18. The summed E-state index contributed by atoms with van der Waals surface area (Å²) in [6.45, 7) is 6.60. The smallest absolute Gasteiger partial charge is 0.319 e. The fourth-order valence-corrected chi connectivity index (χ4v) is 8.99. The van der Waals surface area contributed by atoms with Gasteiger partial charge in [-0.2, -0.15) is 9.97 Å². The predicted octanol–water partition coefficient (Wildman–Crippen LogP) is 3.35. The van der Waals surface area contributed by atoms with E-state index in [1.165, 1.54) is 31.4 Å². The molecule has 2 aliphatic carbocycles. The average molecular weight is 688 g/mol. The second-order valence-corrected chi connectivity index (χ2v) is 15.1. The van der Waals surface area contributed by atoms with Gasteiger partial charge in [0.05, 0.1) is 43.6 Å². The Morgan fingerprint density at radius 2 is 2.00 bits per heavy atom. The van der Waals surface area contributed by atoms with Crippen LogP contribution >= 0.6 is 0 Å². The second-order valence-electron chi connectivity index (χ2n) is 15.1. The van der Waals surface area contributed by atoms with E-state index >= 15 is 8.78 Å². The first-order chi connectivity index (χ1) is 24.0. The summed E-state index contributed by atoms with van der Waals surface area (Å²) in [5.41, 5.74) is -0.754. The summed E-state index contributed by atoms with van der Waals surface area (Å²) in [4.78, 5) is 14.2. The molecule has 3 N–H and O–H groups in total. The molecule has 5 aliphatic rings. The molecule has 264 valence electrons. The summed E-state index contributed by atoms with van der Waals surface area (Å²) in [7, 11) is 1.48. The minimum atomic E-state index is -1.22. The number of morpholine rings is 1. The van der Waals surface area contributed by atoms with Crippen LogP contribution in [0.5, 0.6) is 11.8 Å². The minimum Gasteiger partial charge on any atom is -0.508 e. The lowest BCUT2D eigenvalue weighted by molar-refractivity contribution is -0.0431. The van der Waals surface area contributed by atoms with Crippen LogP contribution in [0.4, 0.5) is 14.6 Å². The summed E-state index contributed by atoms with van der Waals surface area (Å²) < 4.78 is 50.5. The summed E-state index contributed by atoms with van der Waals surface area (Å²) in [5.74, 6) is 1.71. The molecule has 3 aromatic rings. The number of aliphatic hydroxyl groups is 1. The van der Waals surface area contributed by atoms with E-state index in [1.807, 2.05) is 13.8 Å². The molecule has 10 nitrogen and oxygen atoms in total. The van der Waals surface area contributed by atoms with Gasteiger partial charge in [0.1, 0.15) is 34.0 Å². The number of aromatic nitrogens is 2. The number of fused-ring (bicyclic) bond motifs is 4. The van der Waals surface area contributed by atoms with Crippen molar-refractivity contribution in [1.29, 1.82) is 0 Å². The van der Waals surface area contributed by atoms with Crippen LogP contribution in [0.15, 0.2) is 24.3 Å². The first-order valence-corrected chi connectivity index (χ1v) is 17.5. The first kappa shape index (κ1) is 33.0. The van der Waals surface area contributed by atoms with E-state index < -0.39 is 23.3 Å². The zero-order valence-corrected chi connectivity index (χ0v) is 28.6. The van der Waals surface area contributed by atoms with Gasteiger partial charge in [-0.05, 0) is 81.6 Å². The molecule has 0 bridgehead atoms. The molecule has 50 heavy (non-hydrogen) atoms. The number of anilines is 1. The van der Waals surface area contributed by atoms with Crippen LogP contribution in [0.3, 0.4) is 0 Å². The maximum absolute atomic E-state index is 17.2. The number of rotatable bonds is 8. The van der Waals surface area contributed by atoms with Crippen molar-refractivity contribution in [1.82, 2.24) is 20.2 Å². The van der Waals surface area contributed by atoms with Crippen molar-refractivity contribution in [2.24, 2.45) is 5.41 Å². The number of nitrogens with one attached hydrogen (secondary N) is 1. The molecule has 5 atom stereocenters. The second kappa shape index (κ2) is 12.2. The fraction of sp³-hybridized carbons (Fsp3) is 0.526. The highest BCUT2D eigenvalue weighted by molar-refractivity contribution is 5.94. The lowest BCUT2D eigenvalue weighted by atomic mass is 9.75. The number of likely N-dealkylation sites (tertiary alicyclic amines) is 1. The number of methoxy groups -OCH3 is 1. The molecule has 2 saturated carbocycles. The van der Waals surface area contributed by atoms with Crippen molar-refractivity contribution in [2.45, 2.75) is 82.2 Å². The van der Waals surface area contributed by atoms with E-state index in [9.17, 15) is 10.2 Å². The van der Waals surface area contributed by atoms with Gasteiger partial charge < -0.3 is 34.6 Å². The maximum Gasteiger partial charge on any atom is 0.319 e. The molecule has 4 fully saturated rings. The topological polar surface area (TPSA) is 112 Å². The Morgan fingerprint density at radius 3 is 2.78 bits per heavy atom. The number of benzene rings is 2. The third kappa shape index (κ3) is 5.60. The Kier molecular flexibility index (Phi) is 8.08. The highest BCUT2D eigenvalue weighted by atomic mass is 19.1. The van der Waals surface area contributed by atoms with Gasteiger partial charge in [-0.1, -0.05) is 18.4 Å². The van der Waals surface area contributed by atoms with E-state index in [0.29, 0.717) is 48.1 Å². The van der Waals surface area contributed by atoms with Crippen LogP contribution in [0.2, 0.25) is 0 Å². The third-order valence-electron chi connectivity index (χ3n) is 11.1. The van der Waals surface area contributed by atoms with Crippen LogP contribution in [-0.2, 0) is 9.47 Å². The fourth-order valence-electron chi connectivity index (χ4n) is 8.99. The zero-order valence-electron chi connectivity index (χ0n) is 28.6. The molecule has 8 rings (SSSR count). The normalized spacial score (nSPS) is 27.7. The van der Waals surface area contributed by atoms with Crippen molar-refractivity contribution >= 4 is 28.3 Å². The van der Waals surface area contributed by atoms with Crippen LogP contribution in [0.1, 0.15) is 69.5 Å². The van der Waals surface area contributed by atoms with Gasteiger partial charge in [0, 0.05) is 29.9 Å². The van der Waals surface area contributed by atoms with E-state index in [1.54, 1.807) is 0 Å². The monoisotopic (exact) mass is 687 g/mol. The predicted molar refractivity (Wildman–Crippen MR) is 184 cm³/mol. The highest BCUT2D eigenvalue weighted by Gasteiger charge is 2.50. The van der Waals surface area contributed by atoms with Crippen molar-refractivity contribution < 1.29 is 33.2 Å². The van der Waals surface area contributed by atoms with Crippen molar-refractivity contribution in [2.75, 3.05) is 44.9 Å². The number of terminal acetylenes is 1. The Labute approximate surface area is 289 Å². The SMILES string of the molecule is C#Cc1c(F)ccc2cc(O)cc(C3NC(OC)=c4c(N5CCOC6CC65)nc(OC[C@]56CCC[C@H]5N(CC(C)(C)O)CCC6)nc4=C3F)c12. The quantitative estimate of drug-likeness (QED) is 0.305. The third-order valence-corrected chi connectivity index (χ3v) is 11.1. The van der Waals surface area contributed by atoms with E-state index in [-0.39, 0.29) is 57.7 Å². The summed E-state index contributed by atoms with van der Waals surface area (Å²) >= 11 is 0. The number of hydrogen-bond donors (Lipinski definition) is 3. The molecule has 1 aromatic heterocycles. The van der Waals surface area contributed by atoms with Crippen LogP contribution in [0, 0.1) is 23.6 Å². The highest BCUT2D eigenvalue weighted by Crippen LogP contribution is 2.48. The summed E-state index contributed by atoms with van der Waals surface area (Å²) in [6.07, 6.45) is 11.7. The molecule has 0 amide bonds. The van der Waals surface area contributed by atoms with Gasteiger partial charge in [-0.25, -0.2) is 8.78 Å². The zero-order chi connectivity index (χ0) is 34.9. The average Bonchev–Trinajstić information content (AvgIpc) is 3.76. The molecular weight excluding hydrogens is 644 g/mol. The molecule has 0 radical (unpaired) electrons. The lowest BCUT2D eigenvalue weighted by Gasteiger charge is -2.47. The largest absolute Gasteiger partial charge is 0.508 e. The number of ether oxygens (including phenoxy) is 3. The first-order valence-electron chi connectivity index (χ1n) is 17.5. The van der Waals surface area contributed by atoms with Crippen molar-refractivity contribution in [3.8, 4) is 24.1 Å². The Balaban J connectivity index is 1.25. The van der Waals surface area contributed by atoms with Gasteiger partial charge in [0.15, 0.2) is 5.83 Å². The number of piperidine rings is 1. The number of β-amino-alcohol motifs (C(OH)–C–C–N with tert-alkyl or cyclic N) is 1. The minimum absolute atomic E-state index is 0.00258. The standard InChI is InChI=1S/C38H43F2N5O5/c1-5-23-25(39)10-9-21-16-22(46)17-24(29(21)23)32-31(40)33-30(35(41-32)48-4)34(45-14-15-49-27-18-26(27)45)43-36(42-33)50-20-38-11-6-8-28(38)44(13-7-12-38)19-37(2,3)47/h1,9-10,16-17,26-28,32,41,46-47H,6-8,11-15,18-20H2,2-4H3/t26?,27?,28-,32?,38-/m1/s1. The number of phenols is 1. The molecule has 12 heteroatoms. The molecule has 4 heterocycles. The van der Waals surface area contributed by atoms with Gasteiger partial charge in [-0.15, -0.1) is 6.42 Å². The molecule has 3 unspecified atom stereocenters. The van der Waals surface area contributed by atoms with Gasteiger partial charge >= 0.3 is 6.01 Å². The Bertz CT molecular complexity index is 2030. The number of phenolic OH excluding ortho intramolecular Hbond substituents is 1. The summed E-state index contributed by atoms with van der Waals surface area (Å²) in [6, 6.07) is 4.76. The van der Waals surface area contributed by atoms with Crippen molar-refractivity contribution in [3.05, 3.63) is 51.8 Å². The van der Waals surface area contributed by atoms with E-state index in [2.05, 4.69) is 21.0 Å². The summed E-state index contributed by atoms with van der Waals surface area (Å²) in [5, 5.41) is 25.6. The molecule has 2 saturated heterocycles. The van der Waals surface area contributed by atoms with Gasteiger partial charge in [-0.3, -0.25) is 4.90 Å². The van der Waals surface area contributed by atoms with Crippen LogP contribution in [-0.4, -0.2) is 88.8 Å². The van der Waals surface area contributed by atoms with Crippen molar-refractivity contribution in [3.63, 3.8) is 0 Å². The number of halogens is 2. The number of aromatic hydroxyl groups is 1. The Morgan fingerprint density at radius 1 is 1.18 bits per heavy atom. The molecular formula is C38H43F2N5O5. The molecule has 2 aromatic carbocycles. The van der Waals surface area contributed by atoms with Gasteiger partial charge in [0.25, 0.3) is 0 Å². The lowest BCUT2D eigenvalue weighted by Crippen LogP contribution is -2.55.